The zero-order valence-electron chi connectivity index (χ0n) is 19.5. The van der Waals surface area contributed by atoms with E-state index in [0.717, 1.165) is 62.5 Å². The number of hydrogen-bond donors (Lipinski definition) is 1. The zero-order valence-corrected chi connectivity index (χ0v) is 19.5. The summed E-state index contributed by atoms with van der Waals surface area (Å²) < 4.78 is 8.26. The van der Waals surface area contributed by atoms with Crippen LogP contribution in [0.15, 0.2) is 0 Å². The second-order valence-corrected chi connectivity index (χ2v) is 10.6. The van der Waals surface area contributed by atoms with Gasteiger partial charge in [-0.25, -0.2) is 0 Å². The number of piperidine rings is 1. The Hall–Kier alpha value is -1.89. The van der Waals surface area contributed by atoms with Crippen LogP contribution < -0.4 is 5.32 Å². The Morgan fingerprint density at radius 1 is 1.09 bits per heavy atom. The molecule has 2 aliphatic carbocycles. The number of hydrogen-bond acceptors (Lipinski definition) is 4. The van der Waals surface area contributed by atoms with E-state index in [-0.39, 0.29) is 11.5 Å². The summed E-state index contributed by atoms with van der Waals surface area (Å²) in [5.41, 5.74) is 2.35. The minimum atomic E-state index is -0.233. The maximum Gasteiger partial charge on any atom is 0.272 e. The van der Waals surface area contributed by atoms with E-state index in [1.807, 2.05) is 16.6 Å². The topological polar surface area (TPSA) is 76.5 Å². The van der Waals surface area contributed by atoms with Crippen molar-refractivity contribution in [1.29, 1.82) is 0 Å². The van der Waals surface area contributed by atoms with E-state index in [1.54, 1.807) is 0 Å². The lowest BCUT2D eigenvalue weighted by molar-refractivity contribution is -0.141. The highest BCUT2D eigenvalue weighted by Gasteiger charge is 2.42. The third-order valence-electron chi connectivity index (χ3n) is 8.27. The molecule has 2 aliphatic heterocycles. The van der Waals surface area contributed by atoms with Crippen LogP contribution in [0, 0.1) is 11.8 Å². The predicted octanol–water partition coefficient (Wildman–Crippen LogP) is 3.35. The Kier molecular flexibility index (Phi) is 6.28. The lowest BCUT2D eigenvalue weighted by Gasteiger charge is -2.44. The first-order valence-electron chi connectivity index (χ1n) is 12.8. The Balaban J connectivity index is 1.15. The number of carbonyl (C=O) groups excluding carboxylic acids is 2. The van der Waals surface area contributed by atoms with E-state index in [2.05, 4.69) is 10.4 Å². The van der Waals surface area contributed by atoms with Crippen molar-refractivity contribution in [2.24, 2.45) is 18.9 Å². The van der Waals surface area contributed by atoms with Gasteiger partial charge in [-0.15, -0.1) is 0 Å². The van der Waals surface area contributed by atoms with Crippen LogP contribution in [-0.2, 0) is 29.6 Å². The highest BCUT2D eigenvalue weighted by Crippen LogP contribution is 2.37. The van der Waals surface area contributed by atoms with Gasteiger partial charge in [0.15, 0.2) is 5.69 Å². The Morgan fingerprint density at radius 2 is 1.84 bits per heavy atom. The monoisotopic (exact) mass is 442 g/mol. The standard InChI is InChI=1S/C25H38N4O3/c1-28-21-15-25(32-17-20(21)23(27-28)24(31)26-16-19-7-8-19)11-13-29(14-12-25)22(30)10-9-18-5-3-2-4-6-18/h18-19H,2-17H2,1H3,(H,26,31). The molecule has 3 fully saturated rings. The molecule has 1 saturated heterocycles. The molecule has 1 N–H and O–H groups in total. The number of nitrogens with one attached hydrogen (secondary N) is 1. The van der Waals surface area contributed by atoms with Crippen LogP contribution in [0.2, 0.25) is 0 Å². The molecular weight excluding hydrogens is 404 g/mol. The lowest BCUT2D eigenvalue weighted by atomic mass is 9.83. The van der Waals surface area contributed by atoms with Crippen molar-refractivity contribution < 1.29 is 14.3 Å². The van der Waals surface area contributed by atoms with Crippen molar-refractivity contribution in [3.05, 3.63) is 17.0 Å². The normalized spacial score (nSPS) is 23.2. The molecule has 0 bridgehead atoms. The van der Waals surface area contributed by atoms with Gasteiger partial charge in [-0.3, -0.25) is 14.3 Å². The summed E-state index contributed by atoms with van der Waals surface area (Å²) in [6, 6.07) is 0. The van der Waals surface area contributed by atoms with Gasteiger partial charge in [0.2, 0.25) is 5.91 Å². The van der Waals surface area contributed by atoms with Crippen molar-refractivity contribution in [1.82, 2.24) is 20.0 Å². The van der Waals surface area contributed by atoms with E-state index in [1.165, 1.54) is 44.9 Å². The van der Waals surface area contributed by atoms with Crippen molar-refractivity contribution >= 4 is 11.8 Å². The van der Waals surface area contributed by atoms with E-state index in [0.29, 0.717) is 30.5 Å². The molecule has 5 rings (SSSR count). The maximum absolute atomic E-state index is 12.8. The van der Waals surface area contributed by atoms with Gasteiger partial charge in [0.1, 0.15) is 0 Å². The number of ether oxygens (including phenoxy) is 1. The molecule has 0 atom stereocenters. The van der Waals surface area contributed by atoms with Crippen LogP contribution in [0.3, 0.4) is 0 Å². The summed E-state index contributed by atoms with van der Waals surface area (Å²) in [4.78, 5) is 27.5. The van der Waals surface area contributed by atoms with Crippen molar-refractivity contribution in [3.8, 4) is 0 Å². The number of aromatic nitrogens is 2. The number of amides is 2. The quantitative estimate of drug-likeness (QED) is 0.733. The molecule has 3 heterocycles. The molecule has 1 spiro atoms. The SMILES string of the molecule is Cn1nc(C(=O)NCC2CC2)c2c1CC1(CCN(C(=O)CCC3CCCCC3)CC1)OC2. The first kappa shape index (κ1) is 21.9. The van der Waals surface area contributed by atoms with Crippen LogP contribution in [0.4, 0.5) is 0 Å². The summed E-state index contributed by atoms with van der Waals surface area (Å²) in [6.07, 6.45) is 13.3. The largest absolute Gasteiger partial charge is 0.370 e. The van der Waals surface area contributed by atoms with Gasteiger partial charge < -0.3 is 15.0 Å². The average Bonchev–Trinajstić information content (AvgIpc) is 3.60. The van der Waals surface area contributed by atoms with Crippen molar-refractivity contribution in [3.63, 3.8) is 0 Å². The van der Waals surface area contributed by atoms with Crippen LogP contribution in [0.5, 0.6) is 0 Å². The first-order chi connectivity index (χ1) is 15.5. The van der Waals surface area contributed by atoms with E-state index in [9.17, 15) is 9.59 Å². The Bertz CT molecular complexity index is 846. The van der Waals surface area contributed by atoms with Crippen LogP contribution in [-0.4, -0.2) is 51.7 Å². The fraction of sp³-hybridized carbons (Fsp3) is 0.800. The van der Waals surface area contributed by atoms with Gasteiger partial charge in [-0.2, -0.15) is 5.10 Å². The van der Waals surface area contributed by atoms with Crippen molar-refractivity contribution in [2.45, 2.75) is 89.3 Å². The minimum Gasteiger partial charge on any atom is -0.370 e. The molecular formula is C25H38N4O3. The third kappa shape index (κ3) is 4.73. The molecule has 32 heavy (non-hydrogen) atoms. The third-order valence-corrected chi connectivity index (χ3v) is 8.27. The number of fused-ring (bicyclic) bond motifs is 1. The number of likely N-dealkylation sites (tertiary alicyclic amines) is 1. The number of aryl methyl sites for hydroxylation is 1. The molecule has 7 nitrogen and oxygen atoms in total. The molecule has 1 aromatic heterocycles. The lowest BCUT2D eigenvalue weighted by Crippen LogP contribution is -2.50. The van der Waals surface area contributed by atoms with Gasteiger partial charge >= 0.3 is 0 Å². The molecule has 4 aliphatic rings. The number of rotatable bonds is 6. The highest BCUT2D eigenvalue weighted by molar-refractivity contribution is 5.94. The summed E-state index contributed by atoms with van der Waals surface area (Å²) in [5, 5.41) is 7.58. The fourth-order valence-electron chi connectivity index (χ4n) is 5.83. The summed E-state index contributed by atoms with van der Waals surface area (Å²) in [7, 11) is 1.93. The summed E-state index contributed by atoms with van der Waals surface area (Å²) in [5.74, 6) is 1.64. The molecule has 2 saturated carbocycles. The van der Waals surface area contributed by atoms with Crippen LogP contribution in [0.1, 0.15) is 92.4 Å². The fourth-order valence-corrected chi connectivity index (χ4v) is 5.83. The molecule has 1 aromatic rings. The minimum absolute atomic E-state index is 0.0771. The molecule has 0 radical (unpaired) electrons. The Morgan fingerprint density at radius 3 is 2.56 bits per heavy atom. The molecule has 7 heteroatoms. The molecule has 0 aromatic carbocycles. The molecule has 176 valence electrons. The van der Waals surface area contributed by atoms with E-state index >= 15 is 0 Å². The predicted molar refractivity (Wildman–Crippen MR) is 121 cm³/mol. The smallest absolute Gasteiger partial charge is 0.272 e. The van der Waals surface area contributed by atoms with Gasteiger partial charge in [0, 0.05) is 50.8 Å². The number of carbonyl (C=O) groups is 2. The maximum atomic E-state index is 12.8. The summed E-state index contributed by atoms with van der Waals surface area (Å²) in [6.45, 7) is 2.72. The molecule has 0 unspecified atom stereocenters. The van der Waals surface area contributed by atoms with Gasteiger partial charge in [0.05, 0.1) is 12.2 Å². The van der Waals surface area contributed by atoms with E-state index in [4.69, 9.17) is 4.74 Å². The van der Waals surface area contributed by atoms with Gasteiger partial charge in [-0.05, 0) is 43.9 Å². The van der Waals surface area contributed by atoms with Crippen LogP contribution >= 0.6 is 0 Å². The second-order valence-electron chi connectivity index (χ2n) is 10.6. The van der Waals surface area contributed by atoms with Gasteiger partial charge in [-0.1, -0.05) is 32.1 Å². The van der Waals surface area contributed by atoms with Crippen molar-refractivity contribution in [2.75, 3.05) is 19.6 Å². The van der Waals surface area contributed by atoms with Crippen LogP contribution in [0.25, 0.3) is 0 Å². The zero-order chi connectivity index (χ0) is 22.1. The molecule has 2 amide bonds. The van der Waals surface area contributed by atoms with E-state index < -0.39 is 0 Å². The number of nitrogens with zero attached hydrogens (tertiary/aromatic N) is 3. The highest BCUT2D eigenvalue weighted by atomic mass is 16.5. The second kappa shape index (κ2) is 9.16. The average molecular weight is 443 g/mol. The Labute approximate surface area is 191 Å². The van der Waals surface area contributed by atoms with Gasteiger partial charge in [0.25, 0.3) is 5.91 Å². The summed E-state index contributed by atoms with van der Waals surface area (Å²) >= 11 is 0. The first-order valence-corrected chi connectivity index (χ1v) is 12.8.